The quantitative estimate of drug-likeness (QED) is 0.571. The van der Waals surface area contributed by atoms with Crippen LogP contribution in [-0.2, 0) is 9.53 Å². The number of ether oxygens (including phenoxy) is 3. The van der Waals surface area contributed by atoms with Gasteiger partial charge in [-0.1, -0.05) is 34.1 Å². The zero-order valence-corrected chi connectivity index (χ0v) is 15.2. The second kappa shape index (κ2) is 7.11. The molecule has 0 N–H and O–H groups in total. The van der Waals surface area contributed by atoms with Crippen molar-refractivity contribution < 1.29 is 23.8 Å². The largest absolute Gasteiger partial charge is 0.479 e. The molecule has 0 spiro atoms. The van der Waals surface area contributed by atoms with E-state index in [1.165, 1.54) is 7.11 Å². The van der Waals surface area contributed by atoms with Gasteiger partial charge < -0.3 is 14.2 Å². The van der Waals surface area contributed by atoms with Crippen LogP contribution >= 0.6 is 15.9 Å². The molecule has 0 aromatic heterocycles. The lowest BCUT2D eigenvalue weighted by Gasteiger charge is -2.12. The molecule has 0 fully saturated rings. The molecule has 1 aliphatic rings. The van der Waals surface area contributed by atoms with E-state index in [2.05, 4.69) is 20.7 Å². The number of fused-ring (bicyclic) bond motifs is 1. The van der Waals surface area contributed by atoms with Crippen molar-refractivity contribution >= 4 is 33.8 Å². The van der Waals surface area contributed by atoms with Gasteiger partial charge in [-0.2, -0.15) is 0 Å². The number of hydrogen-bond acceptors (Lipinski definition) is 5. The number of Topliss-reactive ketones (excluding diaryl/α,β-unsaturated/α-hetero) is 1. The lowest BCUT2D eigenvalue weighted by molar-refractivity contribution is -0.147. The average molecular weight is 403 g/mol. The van der Waals surface area contributed by atoms with Gasteiger partial charge in [-0.05, 0) is 36.8 Å². The molecular formula is C19H15BrO5. The normalized spacial score (nSPS) is 15.5. The van der Waals surface area contributed by atoms with Gasteiger partial charge in [-0.25, -0.2) is 4.79 Å². The monoisotopic (exact) mass is 402 g/mol. The Kier molecular flexibility index (Phi) is 4.90. The third kappa shape index (κ3) is 3.58. The Morgan fingerprint density at radius 2 is 2.00 bits per heavy atom. The number of esters is 1. The van der Waals surface area contributed by atoms with E-state index in [4.69, 9.17) is 9.47 Å². The Hall–Kier alpha value is -2.60. The molecular weight excluding hydrogens is 388 g/mol. The van der Waals surface area contributed by atoms with E-state index in [1.54, 1.807) is 31.2 Å². The first-order valence-electron chi connectivity index (χ1n) is 7.57. The molecule has 5 nitrogen and oxygen atoms in total. The SMILES string of the molecule is COC(=O)C(C)Oc1ccc2c(c1)O/C(=C\c1ccccc1Br)C2=O. The van der Waals surface area contributed by atoms with E-state index in [9.17, 15) is 9.59 Å². The molecule has 3 rings (SSSR count). The smallest absolute Gasteiger partial charge is 0.346 e. The van der Waals surface area contributed by atoms with Crippen LogP contribution in [0.4, 0.5) is 0 Å². The Morgan fingerprint density at radius 3 is 2.72 bits per heavy atom. The minimum Gasteiger partial charge on any atom is -0.479 e. The summed E-state index contributed by atoms with van der Waals surface area (Å²) in [4.78, 5) is 23.9. The summed E-state index contributed by atoms with van der Waals surface area (Å²) in [5, 5.41) is 0. The molecule has 1 aliphatic heterocycles. The fraction of sp³-hybridized carbons (Fsp3) is 0.158. The van der Waals surface area contributed by atoms with Crippen molar-refractivity contribution in [3.05, 3.63) is 63.8 Å². The highest BCUT2D eigenvalue weighted by Gasteiger charge is 2.28. The van der Waals surface area contributed by atoms with Crippen molar-refractivity contribution in [3.63, 3.8) is 0 Å². The van der Waals surface area contributed by atoms with Crippen LogP contribution in [0.25, 0.3) is 6.08 Å². The second-order valence-electron chi connectivity index (χ2n) is 5.40. The molecule has 128 valence electrons. The zero-order chi connectivity index (χ0) is 18.0. The lowest BCUT2D eigenvalue weighted by Crippen LogP contribution is -2.24. The molecule has 0 bridgehead atoms. The maximum absolute atomic E-state index is 12.5. The van der Waals surface area contributed by atoms with Gasteiger partial charge in [0.1, 0.15) is 11.5 Å². The summed E-state index contributed by atoms with van der Waals surface area (Å²) in [6, 6.07) is 12.4. The van der Waals surface area contributed by atoms with Crippen LogP contribution in [0.1, 0.15) is 22.8 Å². The highest BCUT2D eigenvalue weighted by molar-refractivity contribution is 9.10. The predicted octanol–water partition coefficient (Wildman–Crippen LogP) is 4.01. The number of allylic oxidation sites excluding steroid dienone is 1. The van der Waals surface area contributed by atoms with Crippen molar-refractivity contribution in [2.45, 2.75) is 13.0 Å². The van der Waals surface area contributed by atoms with E-state index < -0.39 is 12.1 Å². The summed E-state index contributed by atoms with van der Waals surface area (Å²) in [7, 11) is 1.30. The summed E-state index contributed by atoms with van der Waals surface area (Å²) in [5.41, 5.74) is 1.30. The van der Waals surface area contributed by atoms with Crippen LogP contribution in [0.5, 0.6) is 11.5 Å². The minimum atomic E-state index is -0.754. The van der Waals surface area contributed by atoms with Crippen molar-refractivity contribution in [2.24, 2.45) is 0 Å². The number of carbonyl (C=O) groups is 2. The Morgan fingerprint density at radius 1 is 1.24 bits per heavy atom. The van der Waals surface area contributed by atoms with E-state index >= 15 is 0 Å². The standard InChI is InChI=1S/C19H15BrO5/c1-11(19(22)23-2)24-13-7-8-14-16(10-13)25-17(18(14)21)9-12-5-3-4-6-15(12)20/h3-11H,1-2H3/b17-9-. The van der Waals surface area contributed by atoms with Gasteiger partial charge in [-0.3, -0.25) is 4.79 Å². The molecule has 25 heavy (non-hydrogen) atoms. The maximum atomic E-state index is 12.5. The Labute approximate surface area is 153 Å². The fourth-order valence-electron chi connectivity index (χ4n) is 2.39. The molecule has 0 amide bonds. The van der Waals surface area contributed by atoms with Crippen molar-refractivity contribution in [1.82, 2.24) is 0 Å². The molecule has 6 heteroatoms. The number of methoxy groups -OCH3 is 1. The van der Waals surface area contributed by atoms with Crippen LogP contribution in [-0.4, -0.2) is 25.0 Å². The number of rotatable bonds is 4. The van der Waals surface area contributed by atoms with Gasteiger partial charge in [0.25, 0.3) is 0 Å². The number of ketones is 1. The molecule has 1 unspecified atom stereocenters. The number of hydrogen-bond donors (Lipinski definition) is 0. The van der Waals surface area contributed by atoms with Gasteiger partial charge >= 0.3 is 5.97 Å². The van der Waals surface area contributed by atoms with Crippen LogP contribution in [0.3, 0.4) is 0 Å². The first kappa shape index (κ1) is 17.2. The third-order valence-electron chi connectivity index (χ3n) is 3.68. The molecule has 0 saturated carbocycles. The molecule has 0 aliphatic carbocycles. The molecule has 0 saturated heterocycles. The maximum Gasteiger partial charge on any atom is 0.346 e. The molecule has 2 aromatic carbocycles. The third-order valence-corrected chi connectivity index (χ3v) is 4.40. The van der Waals surface area contributed by atoms with Gasteiger partial charge in [0.15, 0.2) is 11.9 Å². The van der Waals surface area contributed by atoms with Gasteiger partial charge in [0.05, 0.1) is 12.7 Å². The summed E-state index contributed by atoms with van der Waals surface area (Å²) >= 11 is 3.44. The minimum absolute atomic E-state index is 0.196. The van der Waals surface area contributed by atoms with E-state index in [0.29, 0.717) is 17.1 Å². The highest BCUT2D eigenvalue weighted by Crippen LogP contribution is 2.35. The van der Waals surface area contributed by atoms with Crippen LogP contribution < -0.4 is 9.47 Å². The highest BCUT2D eigenvalue weighted by atomic mass is 79.9. The lowest BCUT2D eigenvalue weighted by atomic mass is 10.1. The topological polar surface area (TPSA) is 61.8 Å². The summed E-state index contributed by atoms with van der Waals surface area (Å²) in [6.45, 7) is 1.59. The first-order chi connectivity index (χ1) is 12.0. The van der Waals surface area contributed by atoms with Gasteiger partial charge in [0.2, 0.25) is 5.78 Å². The predicted molar refractivity (Wildman–Crippen MR) is 95.6 cm³/mol. The fourth-order valence-corrected chi connectivity index (χ4v) is 2.79. The van der Waals surface area contributed by atoms with Crippen molar-refractivity contribution in [2.75, 3.05) is 7.11 Å². The average Bonchev–Trinajstić information content (AvgIpc) is 2.91. The van der Waals surface area contributed by atoms with E-state index in [0.717, 1.165) is 10.0 Å². The Bertz CT molecular complexity index is 872. The number of carbonyl (C=O) groups excluding carboxylic acids is 2. The van der Waals surface area contributed by atoms with E-state index in [-0.39, 0.29) is 11.5 Å². The van der Waals surface area contributed by atoms with Crippen molar-refractivity contribution in [1.29, 1.82) is 0 Å². The molecule has 2 aromatic rings. The van der Waals surface area contributed by atoms with Crippen molar-refractivity contribution in [3.8, 4) is 11.5 Å². The second-order valence-corrected chi connectivity index (χ2v) is 6.26. The summed E-state index contributed by atoms with van der Waals surface area (Å²) in [6.07, 6.45) is 0.930. The summed E-state index contributed by atoms with van der Waals surface area (Å²) in [5.74, 6) is 0.384. The van der Waals surface area contributed by atoms with Crippen LogP contribution in [0.15, 0.2) is 52.7 Å². The molecule has 1 atom stereocenters. The Balaban J connectivity index is 1.84. The summed E-state index contributed by atoms with van der Waals surface area (Å²) < 4.78 is 16.7. The number of halogens is 1. The van der Waals surface area contributed by atoms with Gasteiger partial charge in [0, 0.05) is 10.5 Å². The molecule has 1 heterocycles. The van der Waals surface area contributed by atoms with E-state index in [1.807, 2.05) is 24.3 Å². The van der Waals surface area contributed by atoms with Gasteiger partial charge in [-0.15, -0.1) is 0 Å². The van der Waals surface area contributed by atoms with Crippen LogP contribution in [0, 0.1) is 0 Å². The first-order valence-corrected chi connectivity index (χ1v) is 8.36. The number of benzene rings is 2. The van der Waals surface area contributed by atoms with Crippen LogP contribution in [0.2, 0.25) is 0 Å². The zero-order valence-electron chi connectivity index (χ0n) is 13.6. The molecule has 0 radical (unpaired) electrons.